The normalized spacial score (nSPS) is 17.2. The van der Waals surface area contributed by atoms with E-state index in [1.54, 1.807) is 6.20 Å². The molecular formula is C23H25N9. The second kappa shape index (κ2) is 7.47. The van der Waals surface area contributed by atoms with Crippen LogP contribution in [0.2, 0.25) is 0 Å². The van der Waals surface area contributed by atoms with E-state index in [1.165, 1.54) is 5.56 Å². The van der Waals surface area contributed by atoms with Gasteiger partial charge in [-0.25, -0.2) is 9.97 Å². The predicted octanol–water partition coefficient (Wildman–Crippen LogP) is 2.85. The van der Waals surface area contributed by atoms with E-state index in [9.17, 15) is 0 Å². The molecule has 1 aromatic carbocycles. The molecule has 32 heavy (non-hydrogen) atoms. The number of nitrogens with one attached hydrogen (secondary N) is 4. The second-order valence-corrected chi connectivity index (χ2v) is 8.59. The summed E-state index contributed by atoms with van der Waals surface area (Å²) in [6.07, 6.45) is 5.57. The van der Waals surface area contributed by atoms with Gasteiger partial charge in [-0.05, 0) is 36.2 Å². The van der Waals surface area contributed by atoms with Gasteiger partial charge in [0, 0.05) is 55.9 Å². The number of aryl methyl sites for hydroxylation is 1. The Balaban J connectivity index is 1.08. The molecule has 1 saturated heterocycles. The van der Waals surface area contributed by atoms with Gasteiger partial charge in [0.05, 0.1) is 29.0 Å². The molecule has 0 bridgehead atoms. The number of hydrogen-bond acceptors (Lipinski definition) is 9. The first-order valence-corrected chi connectivity index (χ1v) is 10.8. The lowest BCUT2D eigenvalue weighted by molar-refractivity contribution is 0.0712. The summed E-state index contributed by atoms with van der Waals surface area (Å²) in [5.41, 5.74) is 17.7. The molecule has 3 aromatic rings. The van der Waals surface area contributed by atoms with Gasteiger partial charge in [0.15, 0.2) is 0 Å². The molecular weight excluding hydrogens is 402 g/mol. The standard InChI is InChI=1S/C23H25N9/c1-14-5-18(9-24-7-14)26-23-25-8-17-10-32(13-22(17)27-23)19-11-31(12-19)15(2)16-3-4-20-21(6-16)29-30-28-20/h3-9,19,28-30H,2,10-13H2,1H3,(H,25,26,27). The van der Waals surface area contributed by atoms with Crippen LogP contribution in [0.15, 0.2) is 49.4 Å². The largest absolute Gasteiger partial charge is 0.368 e. The Morgan fingerprint density at radius 3 is 2.84 bits per heavy atom. The summed E-state index contributed by atoms with van der Waals surface area (Å²) in [5, 5.41) is 3.27. The number of rotatable bonds is 5. The second-order valence-electron chi connectivity index (χ2n) is 8.59. The van der Waals surface area contributed by atoms with Gasteiger partial charge in [-0.15, -0.1) is 5.53 Å². The van der Waals surface area contributed by atoms with Crippen LogP contribution in [0.1, 0.15) is 22.4 Å². The molecule has 0 spiro atoms. The van der Waals surface area contributed by atoms with Crippen LogP contribution >= 0.6 is 0 Å². The molecule has 3 aliphatic rings. The molecule has 9 heteroatoms. The molecule has 6 rings (SSSR count). The minimum absolute atomic E-state index is 0.495. The molecule has 3 aliphatic heterocycles. The molecule has 0 saturated carbocycles. The summed E-state index contributed by atoms with van der Waals surface area (Å²) in [6.45, 7) is 10.0. The van der Waals surface area contributed by atoms with E-state index in [2.05, 4.69) is 66.2 Å². The molecule has 162 valence electrons. The van der Waals surface area contributed by atoms with Crippen molar-refractivity contribution in [1.29, 1.82) is 0 Å². The molecule has 9 nitrogen and oxygen atoms in total. The van der Waals surface area contributed by atoms with Crippen LogP contribution < -0.4 is 21.7 Å². The quantitative estimate of drug-likeness (QED) is 0.490. The fourth-order valence-corrected chi connectivity index (χ4v) is 4.44. The van der Waals surface area contributed by atoms with Crippen LogP contribution in [0.4, 0.5) is 23.0 Å². The van der Waals surface area contributed by atoms with Gasteiger partial charge in [-0.2, -0.15) is 0 Å². The van der Waals surface area contributed by atoms with Gasteiger partial charge in [-0.3, -0.25) is 9.88 Å². The SMILES string of the molecule is C=C(c1ccc2c(c1)NNN2)N1CC(N2Cc3cnc(Nc4cncc(C)c4)nc3C2)C1. The van der Waals surface area contributed by atoms with Gasteiger partial charge in [-0.1, -0.05) is 12.6 Å². The average Bonchev–Trinajstić information content (AvgIpc) is 3.38. The number of nitrogens with zero attached hydrogens (tertiary/aromatic N) is 5. The zero-order valence-electron chi connectivity index (χ0n) is 17.9. The highest BCUT2D eigenvalue weighted by molar-refractivity contribution is 5.77. The van der Waals surface area contributed by atoms with Gasteiger partial charge in [0.2, 0.25) is 5.95 Å². The lowest BCUT2D eigenvalue weighted by Gasteiger charge is -2.46. The highest BCUT2D eigenvalue weighted by Gasteiger charge is 2.36. The lowest BCUT2D eigenvalue weighted by atomic mass is 10.0. The monoisotopic (exact) mass is 427 g/mol. The van der Waals surface area contributed by atoms with Crippen molar-refractivity contribution in [2.24, 2.45) is 0 Å². The maximum Gasteiger partial charge on any atom is 0.227 e. The number of hydrazine groups is 2. The third kappa shape index (κ3) is 3.41. The van der Waals surface area contributed by atoms with Gasteiger partial charge in [0.1, 0.15) is 0 Å². The fraction of sp³-hybridized carbons (Fsp3) is 0.261. The van der Waals surface area contributed by atoms with Gasteiger partial charge in [0.25, 0.3) is 0 Å². The topological polar surface area (TPSA) is 93.3 Å². The number of aromatic nitrogens is 3. The Labute approximate surface area is 186 Å². The molecule has 4 N–H and O–H groups in total. The highest BCUT2D eigenvalue weighted by Crippen LogP contribution is 2.33. The molecule has 0 atom stereocenters. The van der Waals surface area contributed by atoms with Crippen LogP contribution in [0.3, 0.4) is 0 Å². The Morgan fingerprint density at radius 2 is 1.97 bits per heavy atom. The van der Waals surface area contributed by atoms with Crippen molar-refractivity contribution in [2.75, 3.05) is 29.3 Å². The predicted molar refractivity (Wildman–Crippen MR) is 125 cm³/mol. The van der Waals surface area contributed by atoms with Crippen molar-refractivity contribution in [3.8, 4) is 0 Å². The summed E-state index contributed by atoms with van der Waals surface area (Å²) in [5.74, 6) is 0.621. The number of fused-ring (bicyclic) bond motifs is 2. The third-order valence-electron chi connectivity index (χ3n) is 6.32. The summed E-state index contributed by atoms with van der Waals surface area (Å²) in [6, 6.07) is 8.83. The lowest BCUT2D eigenvalue weighted by Crippen LogP contribution is -2.56. The maximum atomic E-state index is 4.76. The fourth-order valence-electron chi connectivity index (χ4n) is 4.44. The molecule has 2 aromatic heterocycles. The van der Waals surface area contributed by atoms with Crippen LogP contribution in [0.5, 0.6) is 0 Å². The Bertz CT molecular complexity index is 1200. The van der Waals surface area contributed by atoms with Crippen molar-refractivity contribution in [3.63, 3.8) is 0 Å². The number of hydrogen-bond donors (Lipinski definition) is 4. The zero-order chi connectivity index (χ0) is 21.7. The van der Waals surface area contributed by atoms with E-state index in [4.69, 9.17) is 4.98 Å². The van der Waals surface area contributed by atoms with Crippen molar-refractivity contribution in [1.82, 2.24) is 30.3 Å². The van der Waals surface area contributed by atoms with Crippen LogP contribution in [-0.2, 0) is 13.1 Å². The molecule has 5 heterocycles. The summed E-state index contributed by atoms with van der Waals surface area (Å²) in [7, 11) is 0. The first kappa shape index (κ1) is 19.0. The van der Waals surface area contributed by atoms with Crippen LogP contribution in [0.25, 0.3) is 5.70 Å². The first-order valence-electron chi connectivity index (χ1n) is 10.8. The molecule has 1 fully saturated rings. The minimum atomic E-state index is 0.495. The first-order chi connectivity index (χ1) is 15.6. The van der Waals surface area contributed by atoms with E-state index < -0.39 is 0 Å². The van der Waals surface area contributed by atoms with Gasteiger partial charge >= 0.3 is 0 Å². The van der Waals surface area contributed by atoms with E-state index in [-0.39, 0.29) is 0 Å². The van der Waals surface area contributed by atoms with Crippen LogP contribution in [0, 0.1) is 6.92 Å². The molecule has 0 radical (unpaired) electrons. The number of pyridine rings is 1. The summed E-state index contributed by atoms with van der Waals surface area (Å²) < 4.78 is 0. The average molecular weight is 428 g/mol. The Morgan fingerprint density at radius 1 is 1.09 bits per heavy atom. The van der Waals surface area contributed by atoms with Crippen LogP contribution in [-0.4, -0.2) is 43.9 Å². The zero-order valence-corrected chi connectivity index (χ0v) is 17.9. The van der Waals surface area contributed by atoms with E-state index in [0.29, 0.717) is 12.0 Å². The summed E-state index contributed by atoms with van der Waals surface area (Å²) >= 11 is 0. The number of anilines is 4. The maximum absolute atomic E-state index is 4.76. The molecule has 0 aliphatic carbocycles. The van der Waals surface area contributed by atoms with Crippen molar-refractivity contribution < 1.29 is 0 Å². The number of likely N-dealkylation sites (tertiary alicyclic amines) is 1. The van der Waals surface area contributed by atoms with Crippen molar-refractivity contribution in [3.05, 3.63) is 71.8 Å². The molecule has 0 amide bonds. The minimum Gasteiger partial charge on any atom is -0.368 e. The van der Waals surface area contributed by atoms with E-state index in [0.717, 1.165) is 65.8 Å². The van der Waals surface area contributed by atoms with E-state index >= 15 is 0 Å². The third-order valence-corrected chi connectivity index (χ3v) is 6.32. The Kier molecular flexibility index (Phi) is 4.44. The molecule has 0 unspecified atom stereocenters. The van der Waals surface area contributed by atoms with Crippen molar-refractivity contribution in [2.45, 2.75) is 26.1 Å². The number of benzene rings is 1. The van der Waals surface area contributed by atoms with E-state index in [1.807, 2.05) is 25.4 Å². The highest BCUT2D eigenvalue weighted by atomic mass is 15.6. The smallest absolute Gasteiger partial charge is 0.227 e. The summed E-state index contributed by atoms with van der Waals surface area (Å²) in [4.78, 5) is 18.3. The van der Waals surface area contributed by atoms with Gasteiger partial charge < -0.3 is 21.1 Å². The van der Waals surface area contributed by atoms with Crippen molar-refractivity contribution >= 4 is 28.7 Å². The Hall–Kier alpha value is -3.69.